The van der Waals surface area contributed by atoms with E-state index in [-0.39, 0.29) is 0 Å². The summed E-state index contributed by atoms with van der Waals surface area (Å²) < 4.78 is 5.18. The van der Waals surface area contributed by atoms with Gasteiger partial charge in [-0.1, -0.05) is 26.2 Å². The molecule has 1 N–H and O–H groups in total. The molecule has 2 nitrogen and oxygen atoms in total. The molecule has 0 bridgehead atoms. The van der Waals surface area contributed by atoms with Crippen molar-refractivity contribution in [3.63, 3.8) is 0 Å². The van der Waals surface area contributed by atoms with Gasteiger partial charge in [0.15, 0.2) is 0 Å². The highest BCUT2D eigenvalue weighted by atomic mass is 16.5. The zero-order valence-corrected chi connectivity index (χ0v) is 10.6. The van der Waals surface area contributed by atoms with Crippen LogP contribution in [-0.4, -0.2) is 25.8 Å². The molecule has 15 heavy (non-hydrogen) atoms. The van der Waals surface area contributed by atoms with Gasteiger partial charge in [-0.2, -0.15) is 0 Å². The fraction of sp³-hybridized carbons (Fsp3) is 1.00. The Morgan fingerprint density at radius 3 is 2.73 bits per heavy atom. The summed E-state index contributed by atoms with van der Waals surface area (Å²) in [5.41, 5.74) is 0. The average molecular weight is 213 g/mol. The largest absolute Gasteiger partial charge is 0.383 e. The first-order chi connectivity index (χ1) is 7.27. The fourth-order valence-electron chi connectivity index (χ4n) is 2.81. The molecule has 0 saturated heterocycles. The van der Waals surface area contributed by atoms with Gasteiger partial charge in [0.1, 0.15) is 0 Å². The van der Waals surface area contributed by atoms with E-state index in [0.29, 0.717) is 6.04 Å². The Morgan fingerprint density at radius 1 is 1.33 bits per heavy atom. The van der Waals surface area contributed by atoms with Gasteiger partial charge in [0, 0.05) is 19.2 Å². The Morgan fingerprint density at radius 2 is 2.07 bits per heavy atom. The lowest BCUT2D eigenvalue weighted by Crippen LogP contribution is -2.44. The Kier molecular flexibility index (Phi) is 6.26. The van der Waals surface area contributed by atoms with Crippen molar-refractivity contribution >= 4 is 0 Å². The van der Waals surface area contributed by atoms with Crippen LogP contribution in [0.4, 0.5) is 0 Å². The quantitative estimate of drug-likeness (QED) is 0.732. The van der Waals surface area contributed by atoms with E-state index in [1.54, 1.807) is 7.11 Å². The van der Waals surface area contributed by atoms with Crippen LogP contribution >= 0.6 is 0 Å². The van der Waals surface area contributed by atoms with Crippen molar-refractivity contribution in [2.75, 3.05) is 13.7 Å². The van der Waals surface area contributed by atoms with Crippen molar-refractivity contribution in [3.05, 3.63) is 0 Å². The van der Waals surface area contributed by atoms with E-state index in [2.05, 4.69) is 19.2 Å². The number of ether oxygens (including phenoxy) is 1. The van der Waals surface area contributed by atoms with Gasteiger partial charge in [-0.15, -0.1) is 0 Å². The molecular weight excluding hydrogens is 186 g/mol. The molecule has 1 rings (SSSR count). The van der Waals surface area contributed by atoms with Crippen LogP contribution in [0.3, 0.4) is 0 Å². The summed E-state index contributed by atoms with van der Waals surface area (Å²) in [5.74, 6) is 0.906. The molecule has 2 heteroatoms. The molecule has 90 valence electrons. The second-order valence-electron chi connectivity index (χ2n) is 4.96. The highest BCUT2D eigenvalue weighted by molar-refractivity contribution is 4.82. The molecule has 0 amide bonds. The van der Waals surface area contributed by atoms with Gasteiger partial charge in [-0.05, 0) is 32.1 Å². The van der Waals surface area contributed by atoms with Gasteiger partial charge < -0.3 is 10.1 Å². The third-order valence-corrected chi connectivity index (χ3v) is 3.48. The van der Waals surface area contributed by atoms with Gasteiger partial charge in [0.25, 0.3) is 0 Å². The van der Waals surface area contributed by atoms with Gasteiger partial charge in [0.2, 0.25) is 0 Å². The third-order valence-electron chi connectivity index (χ3n) is 3.48. The summed E-state index contributed by atoms with van der Waals surface area (Å²) in [6.07, 6.45) is 8.32. The van der Waals surface area contributed by atoms with E-state index < -0.39 is 0 Å². The van der Waals surface area contributed by atoms with Crippen LogP contribution in [-0.2, 0) is 4.74 Å². The predicted molar refractivity (Wildman–Crippen MR) is 65.1 cm³/mol. The highest BCUT2D eigenvalue weighted by Gasteiger charge is 2.24. The maximum atomic E-state index is 5.18. The topological polar surface area (TPSA) is 21.3 Å². The Balaban J connectivity index is 2.34. The van der Waals surface area contributed by atoms with Crippen molar-refractivity contribution in [2.24, 2.45) is 5.92 Å². The van der Waals surface area contributed by atoms with Crippen molar-refractivity contribution < 1.29 is 4.74 Å². The zero-order chi connectivity index (χ0) is 11.1. The molecule has 1 aliphatic carbocycles. The zero-order valence-electron chi connectivity index (χ0n) is 10.6. The summed E-state index contributed by atoms with van der Waals surface area (Å²) in [5, 5.41) is 3.73. The van der Waals surface area contributed by atoms with Crippen LogP contribution in [0.5, 0.6) is 0 Å². The molecule has 0 spiro atoms. The van der Waals surface area contributed by atoms with E-state index in [1.165, 1.54) is 38.5 Å². The Bertz CT molecular complexity index is 159. The van der Waals surface area contributed by atoms with Crippen LogP contribution in [0, 0.1) is 5.92 Å². The minimum absolute atomic E-state index is 0.498. The van der Waals surface area contributed by atoms with E-state index >= 15 is 0 Å². The first kappa shape index (κ1) is 13.0. The second-order valence-corrected chi connectivity index (χ2v) is 4.96. The number of rotatable bonds is 6. The molecule has 3 atom stereocenters. The maximum Gasteiger partial charge on any atom is 0.0613 e. The Labute approximate surface area is 94.8 Å². The minimum Gasteiger partial charge on any atom is -0.383 e. The first-order valence-electron chi connectivity index (χ1n) is 6.53. The van der Waals surface area contributed by atoms with Crippen LogP contribution in [0.2, 0.25) is 0 Å². The first-order valence-corrected chi connectivity index (χ1v) is 6.53. The molecule has 0 heterocycles. The van der Waals surface area contributed by atoms with Gasteiger partial charge in [0.05, 0.1) is 6.61 Å². The lowest BCUT2D eigenvalue weighted by Gasteiger charge is -2.34. The Hall–Kier alpha value is -0.0800. The number of nitrogens with one attached hydrogen (secondary N) is 1. The molecule has 1 fully saturated rings. The van der Waals surface area contributed by atoms with E-state index in [9.17, 15) is 0 Å². The smallest absolute Gasteiger partial charge is 0.0613 e. The SMILES string of the molecule is CCCC1CCCCC1NC(C)COC. The third kappa shape index (κ3) is 4.52. The fourth-order valence-corrected chi connectivity index (χ4v) is 2.81. The number of methoxy groups -OCH3 is 1. The van der Waals surface area contributed by atoms with Crippen molar-refractivity contribution in [1.29, 1.82) is 0 Å². The van der Waals surface area contributed by atoms with Crippen molar-refractivity contribution in [1.82, 2.24) is 5.32 Å². The van der Waals surface area contributed by atoms with E-state index in [0.717, 1.165) is 18.6 Å². The average Bonchev–Trinajstić information content (AvgIpc) is 2.21. The highest BCUT2D eigenvalue weighted by Crippen LogP contribution is 2.28. The van der Waals surface area contributed by atoms with Gasteiger partial charge in [-0.3, -0.25) is 0 Å². The lowest BCUT2D eigenvalue weighted by atomic mass is 9.81. The molecule has 0 radical (unpaired) electrons. The van der Waals surface area contributed by atoms with Gasteiger partial charge >= 0.3 is 0 Å². The molecule has 0 aromatic carbocycles. The summed E-state index contributed by atoms with van der Waals surface area (Å²) in [6.45, 7) is 5.35. The van der Waals surface area contributed by atoms with Crippen LogP contribution < -0.4 is 5.32 Å². The number of hydrogen-bond donors (Lipinski definition) is 1. The lowest BCUT2D eigenvalue weighted by molar-refractivity contribution is 0.148. The summed E-state index contributed by atoms with van der Waals surface area (Å²) >= 11 is 0. The monoisotopic (exact) mass is 213 g/mol. The molecule has 1 saturated carbocycles. The molecule has 0 aromatic rings. The summed E-state index contributed by atoms with van der Waals surface area (Å²) in [7, 11) is 1.78. The van der Waals surface area contributed by atoms with Crippen LogP contribution in [0.1, 0.15) is 52.4 Å². The maximum absolute atomic E-state index is 5.18. The van der Waals surface area contributed by atoms with E-state index in [1.807, 2.05) is 0 Å². The summed E-state index contributed by atoms with van der Waals surface area (Å²) in [6, 6.07) is 1.24. The standard InChI is InChI=1S/C13H27NO/c1-4-7-12-8-5-6-9-13(12)14-11(2)10-15-3/h11-14H,4-10H2,1-3H3. The van der Waals surface area contributed by atoms with Gasteiger partial charge in [-0.25, -0.2) is 0 Å². The van der Waals surface area contributed by atoms with Crippen LogP contribution in [0.25, 0.3) is 0 Å². The number of hydrogen-bond acceptors (Lipinski definition) is 2. The molecule has 0 aromatic heterocycles. The second kappa shape index (κ2) is 7.24. The van der Waals surface area contributed by atoms with Crippen LogP contribution in [0.15, 0.2) is 0 Å². The molecule has 3 unspecified atom stereocenters. The normalized spacial score (nSPS) is 29.0. The molecular formula is C13H27NO. The summed E-state index contributed by atoms with van der Waals surface area (Å²) in [4.78, 5) is 0. The van der Waals surface area contributed by atoms with Crippen molar-refractivity contribution in [3.8, 4) is 0 Å². The predicted octanol–water partition coefficient (Wildman–Crippen LogP) is 2.97. The molecule has 0 aliphatic heterocycles. The van der Waals surface area contributed by atoms with E-state index in [4.69, 9.17) is 4.74 Å². The minimum atomic E-state index is 0.498. The van der Waals surface area contributed by atoms with Crippen molar-refractivity contribution in [2.45, 2.75) is 64.5 Å². The molecule has 1 aliphatic rings.